The van der Waals surface area contributed by atoms with E-state index in [2.05, 4.69) is 6.07 Å². The molecule has 1 aromatic carbocycles. The van der Waals surface area contributed by atoms with Crippen molar-refractivity contribution in [3.8, 4) is 6.07 Å². The molecule has 15 heavy (non-hydrogen) atoms. The van der Waals surface area contributed by atoms with Gasteiger partial charge in [0, 0.05) is 12.5 Å². The third-order valence-corrected chi connectivity index (χ3v) is 2.89. The Morgan fingerprint density at radius 3 is 2.53 bits per heavy atom. The first kappa shape index (κ1) is 10.1. The minimum absolute atomic E-state index is 0.0125. The molecular weight excluding hydrogens is 196 g/mol. The lowest BCUT2D eigenvalue weighted by Crippen LogP contribution is -2.10. The van der Waals surface area contributed by atoms with Crippen LogP contribution < -0.4 is 0 Å². The standard InChI is InChI=1S/C12H11F2N/c1-11(13,14)9-3-2-4-10(7-9)12(8-15)5-6-12/h2-4,7H,5-6H2,1H3. The van der Waals surface area contributed by atoms with E-state index < -0.39 is 11.3 Å². The van der Waals surface area contributed by atoms with Gasteiger partial charge in [-0.15, -0.1) is 0 Å². The predicted octanol–water partition coefficient (Wildman–Crippen LogP) is 3.35. The fourth-order valence-electron chi connectivity index (χ4n) is 1.68. The highest BCUT2D eigenvalue weighted by molar-refractivity contribution is 5.41. The van der Waals surface area contributed by atoms with E-state index in [1.54, 1.807) is 12.1 Å². The summed E-state index contributed by atoms with van der Waals surface area (Å²) in [6.45, 7) is 0.873. The van der Waals surface area contributed by atoms with Gasteiger partial charge in [0.05, 0.1) is 11.5 Å². The zero-order valence-electron chi connectivity index (χ0n) is 8.43. The van der Waals surface area contributed by atoms with Gasteiger partial charge < -0.3 is 0 Å². The first-order valence-corrected chi connectivity index (χ1v) is 4.88. The van der Waals surface area contributed by atoms with E-state index in [1.165, 1.54) is 12.1 Å². The molecule has 0 bridgehead atoms. The molecule has 1 aromatic rings. The Morgan fingerprint density at radius 1 is 1.40 bits per heavy atom. The summed E-state index contributed by atoms with van der Waals surface area (Å²) < 4.78 is 26.1. The third-order valence-electron chi connectivity index (χ3n) is 2.89. The SMILES string of the molecule is CC(F)(F)c1cccc(C2(C#N)CC2)c1. The van der Waals surface area contributed by atoms with Crippen LogP contribution in [0.25, 0.3) is 0 Å². The number of rotatable bonds is 2. The largest absolute Gasteiger partial charge is 0.270 e. The summed E-state index contributed by atoms with van der Waals surface area (Å²) in [6, 6.07) is 8.41. The second kappa shape index (κ2) is 3.03. The summed E-state index contributed by atoms with van der Waals surface area (Å²) in [4.78, 5) is 0. The van der Waals surface area contributed by atoms with Crippen molar-refractivity contribution in [1.29, 1.82) is 5.26 Å². The molecule has 0 amide bonds. The summed E-state index contributed by atoms with van der Waals surface area (Å²) in [5, 5.41) is 8.97. The number of nitrogens with zero attached hydrogens (tertiary/aromatic N) is 1. The van der Waals surface area contributed by atoms with Gasteiger partial charge in [0.25, 0.3) is 5.92 Å². The highest BCUT2D eigenvalue weighted by atomic mass is 19.3. The second-order valence-electron chi connectivity index (χ2n) is 4.16. The number of halogens is 2. The number of hydrogen-bond acceptors (Lipinski definition) is 1. The zero-order chi connectivity index (χ0) is 11.1. The van der Waals surface area contributed by atoms with Crippen LogP contribution in [0, 0.1) is 11.3 Å². The first-order chi connectivity index (χ1) is 6.98. The minimum Gasteiger partial charge on any atom is -0.202 e. The molecule has 0 heterocycles. The second-order valence-corrected chi connectivity index (χ2v) is 4.16. The fraction of sp³-hybridized carbons (Fsp3) is 0.417. The monoisotopic (exact) mass is 207 g/mol. The molecule has 78 valence electrons. The molecule has 1 saturated carbocycles. The van der Waals surface area contributed by atoms with Crippen molar-refractivity contribution in [2.45, 2.75) is 31.1 Å². The molecule has 0 unspecified atom stereocenters. The maximum absolute atomic E-state index is 13.1. The van der Waals surface area contributed by atoms with Gasteiger partial charge in [0.15, 0.2) is 0 Å². The van der Waals surface area contributed by atoms with Gasteiger partial charge in [-0.2, -0.15) is 5.26 Å². The lowest BCUT2D eigenvalue weighted by Gasteiger charge is -2.13. The maximum Gasteiger partial charge on any atom is 0.270 e. The topological polar surface area (TPSA) is 23.8 Å². The lowest BCUT2D eigenvalue weighted by atomic mass is 9.94. The third kappa shape index (κ3) is 1.72. The molecule has 0 aromatic heterocycles. The summed E-state index contributed by atoms with van der Waals surface area (Å²) in [6.07, 6.45) is 1.56. The van der Waals surface area contributed by atoms with Crippen molar-refractivity contribution in [3.63, 3.8) is 0 Å². The van der Waals surface area contributed by atoms with E-state index >= 15 is 0 Å². The van der Waals surface area contributed by atoms with Crippen molar-refractivity contribution in [1.82, 2.24) is 0 Å². The van der Waals surface area contributed by atoms with E-state index in [9.17, 15) is 8.78 Å². The smallest absolute Gasteiger partial charge is 0.202 e. The molecule has 1 aliphatic rings. The lowest BCUT2D eigenvalue weighted by molar-refractivity contribution is 0.0174. The van der Waals surface area contributed by atoms with Crippen LogP contribution >= 0.6 is 0 Å². The highest BCUT2D eigenvalue weighted by Gasteiger charge is 2.45. The van der Waals surface area contributed by atoms with Gasteiger partial charge >= 0.3 is 0 Å². The molecule has 0 aliphatic heterocycles. The molecule has 1 nitrogen and oxygen atoms in total. The summed E-state index contributed by atoms with van der Waals surface area (Å²) in [5.41, 5.74) is 0.229. The molecule has 2 rings (SSSR count). The van der Waals surface area contributed by atoms with Crippen LogP contribution in [0.1, 0.15) is 30.9 Å². The van der Waals surface area contributed by atoms with Crippen LogP contribution in [0.15, 0.2) is 24.3 Å². The van der Waals surface area contributed by atoms with E-state index in [0.29, 0.717) is 0 Å². The van der Waals surface area contributed by atoms with Crippen molar-refractivity contribution in [2.75, 3.05) is 0 Å². The molecule has 0 radical (unpaired) electrons. The van der Waals surface area contributed by atoms with E-state index in [0.717, 1.165) is 25.3 Å². The average Bonchev–Trinajstić information content (AvgIpc) is 2.97. The Bertz CT molecular complexity index is 422. The minimum atomic E-state index is -2.83. The Hall–Kier alpha value is -1.43. The van der Waals surface area contributed by atoms with Crippen molar-refractivity contribution < 1.29 is 8.78 Å². The maximum atomic E-state index is 13.1. The summed E-state index contributed by atoms with van der Waals surface area (Å²) in [5.74, 6) is -2.83. The van der Waals surface area contributed by atoms with Crippen LogP contribution in [-0.4, -0.2) is 0 Å². The number of alkyl halides is 2. The fourth-order valence-corrected chi connectivity index (χ4v) is 1.68. The van der Waals surface area contributed by atoms with Crippen LogP contribution in [0.4, 0.5) is 8.78 Å². The van der Waals surface area contributed by atoms with Crippen LogP contribution in [0.2, 0.25) is 0 Å². The van der Waals surface area contributed by atoms with Crippen molar-refractivity contribution >= 4 is 0 Å². The number of nitriles is 1. The van der Waals surface area contributed by atoms with Crippen molar-refractivity contribution in [3.05, 3.63) is 35.4 Å². The quantitative estimate of drug-likeness (QED) is 0.729. The molecule has 0 N–H and O–H groups in total. The molecule has 0 saturated heterocycles. The van der Waals surface area contributed by atoms with Gasteiger partial charge in [0.1, 0.15) is 0 Å². The molecular formula is C12H11F2N. The predicted molar refractivity (Wildman–Crippen MR) is 52.5 cm³/mol. The Balaban J connectivity index is 2.41. The molecule has 0 atom stereocenters. The van der Waals surface area contributed by atoms with Gasteiger partial charge in [-0.25, -0.2) is 8.78 Å². The summed E-state index contributed by atoms with van der Waals surface area (Å²) >= 11 is 0. The number of hydrogen-bond donors (Lipinski definition) is 0. The van der Waals surface area contributed by atoms with Crippen LogP contribution in [0.3, 0.4) is 0 Å². The molecule has 1 aliphatic carbocycles. The van der Waals surface area contributed by atoms with E-state index in [1.807, 2.05) is 0 Å². The zero-order valence-corrected chi connectivity index (χ0v) is 8.43. The highest BCUT2D eigenvalue weighted by Crippen LogP contribution is 2.48. The normalized spacial score (nSPS) is 18.3. The Labute approximate surface area is 87.3 Å². The molecule has 1 fully saturated rings. The van der Waals surface area contributed by atoms with E-state index in [4.69, 9.17) is 5.26 Å². The molecule has 3 heteroatoms. The average molecular weight is 207 g/mol. The van der Waals surface area contributed by atoms with Gasteiger partial charge in [-0.3, -0.25) is 0 Å². The van der Waals surface area contributed by atoms with Gasteiger partial charge in [0.2, 0.25) is 0 Å². The number of benzene rings is 1. The van der Waals surface area contributed by atoms with Gasteiger partial charge in [-0.1, -0.05) is 18.2 Å². The van der Waals surface area contributed by atoms with Crippen molar-refractivity contribution in [2.24, 2.45) is 0 Å². The van der Waals surface area contributed by atoms with Crippen LogP contribution in [-0.2, 0) is 11.3 Å². The Kier molecular flexibility index (Phi) is 2.04. The van der Waals surface area contributed by atoms with E-state index in [-0.39, 0.29) is 5.56 Å². The molecule has 0 spiro atoms. The Morgan fingerprint density at radius 2 is 2.07 bits per heavy atom. The summed E-state index contributed by atoms with van der Waals surface area (Å²) in [7, 11) is 0. The van der Waals surface area contributed by atoms with Crippen LogP contribution in [0.5, 0.6) is 0 Å². The van der Waals surface area contributed by atoms with Gasteiger partial charge in [-0.05, 0) is 24.5 Å². The first-order valence-electron chi connectivity index (χ1n) is 4.88.